The molecule has 7 heteroatoms. The summed E-state index contributed by atoms with van der Waals surface area (Å²) in [6, 6.07) is 0. The number of anilines is 1. The second-order valence-electron chi connectivity index (χ2n) is 4.54. The van der Waals surface area contributed by atoms with Crippen LogP contribution in [0.1, 0.15) is 29.5 Å². The van der Waals surface area contributed by atoms with Gasteiger partial charge in [-0.25, -0.2) is 4.98 Å². The smallest absolute Gasteiger partial charge is 0.246 e. The number of hydrogen-bond acceptors (Lipinski definition) is 6. The van der Waals surface area contributed by atoms with E-state index in [0.29, 0.717) is 5.13 Å². The van der Waals surface area contributed by atoms with Crippen LogP contribution in [0.25, 0.3) is 0 Å². The number of nitrogens with one attached hydrogen (secondary N) is 1. The summed E-state index contributed by atoms with van der Waals surface area (Å²) in [7, 11) is 0. The number of imide groups is 1. The van der Waals surface area contributed by atoms with Crippen LogP contribution < -0.4 is 10.2 Å². The van der Waals surface area contributed by atoms with E-state index in [1.165, 1.54) is 11.3 Å². The molecule has 2 amide bonds. The molecule has 6 nitrogen and oxygen atoms in total. The first-order chi connectivity index (χ1) is 8.63. The predicted molar refractivity (Wildman–Crippen MR) is 65.4 cm³/mol. The van der Waals surface area contributed by atoms with E-state index in [1.807, 2.05) is 0 Å². The van der Waals surface area contributed by atoms with E-state index in [2.05, 4.69) is 10.3 Å². The summed E-state index contributed by atoms with van der Waals surface area (Å²) in [4.78, 5) is 29.8. The van der Waals surface area contributed by atoms with Gasteiger partial charge in [-0.15, -0.1) is 11.3 Å². The van der Waals surface area contributed by atoms with E-state index in [4.69, 9.17) is 0 Å². The number of aryl methyl sites for hydroxylation is 1. The fraction of sp³-hybridized carbons (Fsp3) is 0.545. The van der Waals surface area contributed by atoms with Crippen LogP contribution in [0.5, 0.6) is 0 Å². The van der Waals surface area contributed by atoms with Crippen LogP contribution in [-0.4, -0.2) is 35.0 Å². The number of thiazole rings is 1. The highest BCUT2D eigenvalue weighted by Crippen LogP contribution is 2.36. The van der Waals surface area contributed by atoms with Gasteiger partial charge < -0.3 is 10.0 Å². The molecule has 1 aromatic rings. The third-order valence-corrected chi connectivity index (χ3v) is 4.32. The van der Waals surface area contributed by atoms with Crippen LogP contribution >= 0.6 is 11.3 Å². The molecule has 2 N–H and O–H groups in total. The van der Waals surface area contributed by atoms with Crippen molar-refractivity contribution >= 4 is 28.3 Å². The van der Waals surface area contributed by atoms with Crippen LogP contribution in [0.15, 0.2) is 0 Å². The molecular formula is C11H13N3O3S. The second kappa shape index (κ2) is 4.33. The van der Waals surface area contributed by atoms with Crippen LogP contribution in [0.3, 0.4) is 0 Å². The van der Waals surface area contributed by atoms with Gasteiger partial charge in [-0.3, -0.25) is 14.9 Å². The maximum atomic E-state index is 11.3. The number of carbonyl (C=O) groups excluding carboxylic acids is 2. The number of carbonyl (C=O) groups is 2. The normalized spacial score (nSPS) is 23.8. The molecule has 0 spiro atoms. The molecule has 3 rings (SSSR count). The average Bonchev–Trinajstić information content (AvgIpc) is 2.73. The van der Waals surface area contributed by atoms with Crippen molar-refractivity contribution in [1.82, 2.24) is 10.3 Å². The number of piperazine rings is 1. The van der Waals surface area contributed by atoms with Crippen molar-refractivity contribution in [2.45, 2.75) is 25.4 Å². The number of aliphatic hydroxyl groups excluding tert-OH is 1. The molecule has 1 aliphatic carbocycles. The largest absolute Gasteiger partial charge is 0.387 e. The maximum absolute atomic E-state index is 11.3. The summed E-state index contributed by atoms with van der Waals surface area (Å²) in [5, 5.41) is 12.8. The van der Waals surface area contributed by atoms with Gasteiger partial charge in [-0.1, -0.05) is 0 Å². The number of fused-ring (bicyclic) bond motifs is 1. The van der Waals surface area contributed by atoms with Crippen molar-refractivity contribution in [3.05, 3.63) is 10.6 Å². The number of aromatic nitrogens is 1. The number of rotatable bonds is 1. The van der Waals surface area contributed by atoms with E-state index < -0.39 is 6.10 Å². The van der Waals surface area contributed by atoms with Crippen LogP contribution in [0.2, 0.25) is 0 Å². The van der Waals surface area contributed by atoms with Crippen molar-refractivity contribution in [2.75, 3.05) is 18.0 Å². The molecular weight excluding hydrogens is 254 g/mol. The molecule has 1 saturated heterocycles. The molecule has 96 valence electrons. The molecule has 0 radical (unpaired) electrons. The lowest BCUT2D eigenvalue weighted by atomic mass is 10.0. The quantitative estimate of drug-likeness (QED) is 0.699. The maximum Gasteiger partial charge on any atom is 0.246 e. The zero-order valence-electron chi connectivity index (χ0n) is 9.68. The Kier molecular flexibility index (Phi) is 2.79. The third kappa shape index (κ3) is 1.99. The molecule has 18 heavy (non-hydrogen) atoms. The number of hydrogen-bond donors (Lipinski definition) is 2. The van der Waals surface area contributed by atoms with Crippen molar-refractivity contribution in [3.63, 3.8) is 0 Å². The average molecular weight is 267 g/mol. The summed E-state index contributed by atoms with van der Waals surface area (Å²) < 4.78 is 0. The summed E-state index contributed by atoms with van der Waals surface area (Å²) in [6.07, 6.45) is 2.09. The molecule has 2 aliphatic rings. The summed E-state index contributed by atoms with van der Waals surface area (Å²) in [5.41, 5.74) is 0.722. The Labute approximate surface area is 108 Å². The Morgan fingerprint density at radius 2 is 2.06 bits per heavy atom. The Balaban J connectivity index is 1.88. The minimum atomic E-state index is -0.506. The van der Waals surface area contributed by atoms with E-state index in [0.717, 1.165) is 29.8 Å². The highest BCUT2D eigenvalue weighted by Gasteiger charge is 2.28. The molecule has 0 bridgehead atoms. The first-order valence-electron chi connectivity index (χ1n) is 5.89. The van der Waals surface area contributed by atoms with Gasteiger partial charge in [-0.2, -0.15) is 0 Å². The standard InChI is InChI=1S/C11H13N3O3S/c15-6-2-1-3-7-10(6)13-11(18-7)14-4-8(16)12-9(17)5-14/h6,15H,1-5H2,(H,12,16,17). The van der Waals surface area contributed by atoms with Gasteiger partial charge in [0, 0.05) is 4.88 Å². The van der Waals surface area contributed by atoms with E-state index in [9.17, 15) is 14.7 Å². The van der Waals surface area contributed by atoms with E-state index in [1.54, 1.807) is 4.90 Å². The van der Waals surface area contributed by atoms with Gasteiger partial charge in [0.25, 0.3) is 0 Å². The van der Waals surface area contributed by atoms with Crippen molar-refractivity contribution in [3.8, 4) is 0 Å². The van der Waals surface area contributed by atoms with Crippen molar-refractivity contribution in [1.29, 1.82) is 0 Å². The highest BCUT2D eigenvalue weighted by molar-refractivity contribution is 7.15. The van der Waals surface area contributed by atoms with Gasteiger partial charge >= 0.3 is 0 Å². The van der Waals surface area contributed by atoms with Crippen LogP contribution in [0.4, 0.5) is 5.13 Å². The lowest BCUT2D eigenvalue weighted by Gasteiger charge is -2.24. The molecule has 2 heterocycles. The Morgan fingerprint density at radius 3 is 2.72 bits per heavy atom. The van der Waals surface area contributed by atoms with E-state index in [-0.39, 0.29) is 24.9 Å². The van der Waals surface area contributed by atoms with Crippen LogP contribution in [0, 0.1) is 0 Å². The SMILES string of the molecule is O=C1CN(c2nc3c(s2)CCCC3O)CC(=O)N1. The first kappa shape index (κ1) is 11.6. The highest BCUT2D eigenvalue weighted by atomic mass is 32.1. The van der Waals surface area contributed by atoms with Crippen molar-refractivity contribution < 1.29 is 14.7 Å². The molecule has 1 aliphatic heterocycles. The molecule has 1 atom stereocenters. The molecule has 0 aromatic carbocycles. The summed E-state index contributed by atoms with van der Waals surface area (Å²) in [6.45, 7) is 0.294. The third-order valence-electron chi connectivity index (χ3n) is 3.13. The number of aliphatic hydroxyl groups is 1. The molecule has 1 unspecified atom stereocenters. The molecule has 1 aromatic heterocycles. The minimum absolute atomic E-state index is 0.147. The zero-order chi connectivity index (χ0) is 12.7. The van der Waals surface area contributed by atoms with Gasteiger partial charge in [0.15, 0.2) is 5.13 Å². The molecule has 0 saturated carbocycles. The lowest BCUT2D eigenvalue weighted by Crippen LogP contribution is -2.51. The van der Waals surface area contributed by atoms with Gasteiger partial charge in [0.05, 0.1) is 11.8 Å². The Bertz CT molecular complexity index is 498. The number of nitrogens with zero attached hydrogens (tertiary/aromatic N) is 2. The van der Waals surface area contributed by atoms with Gasteiger partial charge in [-0.05, 0) is 19.3 Å². The Hall–Kier alpha value is -1.47. The minimum Gasteiger partial charge on any atom is -0.387 e. The second-order valence-corrected chi connectivity index (χ2v) is 5.60. The Morgan fingerprint density at radius 1 is 1.33 bits per heavy atom. The van der Waals surface area contributed by atoms with Gasteiger partial charge in [0.1, 0.15) is 13.1 Å². The molecule has 1 fully saturated rings. The fourth-order valence-corrected chi connectivity index (χ4v) is 3.45. The predicted octanol–water partition coefficient (Wildman–Crippen LogP) is -0.0244. The topological polar surface area (TPSA) is 82.5 Å². The van der Waals surface area contributed by atoms with Gasteiger partial charge in [0.2, 0.25) is 11.8 Å². The van der Waals surface area contributed by atoms with Crippen LogP contribution in [-0.2, 0) is 16.0 Å². The summed E-state index contributed by atoms with van der Waals surface area (Å²) >= 11 is 1.47. The zero-order valence-corrected chi connectivity index (χ0v) is 10.5. The number of amides is 2. The fourth-order valence-electron chi connectivity index (χ4n) is 2.29. The van der Waals surface area contributed by atoms with E-state index >= 15 is 0 Å². The monoisotopic (exact) mass is 267 g/mol. The van der Waals surface area contributed by atoms with Crippen molar-refractivity contribution in [2.24, 2.45) is 0 Å². The first-order valence-corrected chi connectivity index (χ1v) is 6.70. The lowest BCUT2D eigenvalue weighted by molar-refractivity contribution is -0.130. The summed E-state index contributed by atoms with van der Waals surface area (Å²) in [5.74, 6) is -0.611.